The fourth-order valence-electron chi connectivity index (χ4n) is 0.985. The Hall–Kier alpha value is -1.37. The molecule has 1 N–H and O–H groups in total. The van der Waals surface area contributed by atoms with Crippen molar-refractivity contribution >= 4 is 5.78 Å². The molecule has 0 bridgehead atoms. The quantitative estimate of drug-likeness (QED) is 0.763. The summed E-state index contributed by atoms with van der Waals surface area (Å²) in [6.07, 6.45) is -1.52. The van der Waals surface area contributed by atoms with Crippen LogP contribution in [-0.4, -0.2) is 34.8 Å². The SMILES string of the molecule is Cn1cc(C(=O)CNCC(F)(F)F)cn1. The summed E-state index contributed by atoms with van der Waals surface area (Å²) in [5, 5.41) is 5.76. The first-order chi connectivity index (χ1) is 6.88. The average Bonchev–Trinajstić information content (AvgIpc) is 2.49. The van der Waals surface area contributed by atoms with Crippen molar-refractivity contribution < 1.29 is 18.0 Å². The van der Waals surface area contributed by atoms with Crippen LogP contribution in [0.1, 0.15) is 10.4 Å². The molecule has 4 nitrogen and oxygen atoms in total. The maximum atomic E-state index is 11.7. The van der Waals surface area contributed by atoms with Crippen LogP contribution in [0.3, 0.4) is 0 Å². The van der Waals surface area contributed by atoms with Crippen LogP contribution in [0.2, 0.25) is 0 Å². The van der Waals surface area contributed by atoms with Crippen LogP contribution in [0, 0.1) is 0 Å². The second kappa shape index (κ2) is 4.43. The Morgan fingerprint density at radius 2 is 2.27 bits per heavy atom. The summed E-state index contributed by atoms with van der Waals surface area (Å²) in [5.74, 6) is -0.410. The predicted molar refractivity (Wildman–Crippen MR) is 46.5 cm³/mol. The summed E-state index contributed by atoms with van der Waals surface area (Å²) in [4.78, 5) is 11.3. The minimum Gasteiger partial charge on any atom is -0.302 e. The van der Waals surface area contributed by atoms with Crippen molar-refractivity contribution in [2.45, 2.75) is 6.18 Å². The van der Waals surface area contributed by atoms with E-state index in [1.54, 1.807) is 7.05 Å². The van der Waals surface area contributed by atoms with E-state index in [0.717, 1.165) is 0 Å². The Labute approximate surface area is 84.1 Å². The van der Waals surface area contributed by atoms with Gasteiger partial charge in [-0.05, 0) is 0 Å². The molecule has 1 aromatic heterocycles. The fraction of sp³-hybridized carbons (Fsp3) is 0.500. The molecule has 1 aromatic rings. The van der Waals surface area contributed by atoms with Gasteiger partial charge in [-0.25, -0.2) is 0 Å². The number of halogens is 3. The van der Waals surface area contributed by atoms with Gasteiger partial charge in [0.2, 0.25) is 0 Å². The lowest BCUT2D eigenvalue weighted by molar-refractivity contribution is -0.124. The number of nitrogens with zero attached hydrogens (tertiary/aromatic N) is 2. The zero-order chi connectivity index (χ0) is 11.5. The van der Waals surface area contributed by atoms with Crippen molar-refractivity contribution in [2.24, 2.45) is 7.05 Å². The molecule has 1 heterocycles. The highest BCUT2D eigenvalue weighted by Gasteiger charge is 2.26. The Bertz CT molecular complexity index is 345. The standard InChI is InChI=1S/C8H10F3N3O/c1-14-4-6(2-13-14)7(15)3-12-5-8(9,10)11/h2,4,12H,3,5H2,1H3. The van der Waals surface area contributed by atoms with Gasteiger partial charge in [-0.1, -0.05) is 0 Å². The summed E-state index contributed by atoms with van der Waals surface area (Å²) in [5.41, 5.74) is 0.298. The van der Waals surface area contributed by atoms with E-state index >= 15 is 0 Å². The summed E-state index contributed by atoms with van der Waals surface area (Å²) >= 11 is 0. The van der Waals surface area contributed by atoms with Crippen LogP contribution in [0.15, 0.2) is 12.4 Å². The number of Topliss-reactive ketones (excluding diaryl/α,β-unsaturated/α-hetero) is 1. The van der Waals surface area contributed by atoms with Crippen molar-refractivity contribution in [3.63, 3.8) is 0 Å². The van der Waals surface area contributed by atoms with Gasteiger partial charge < -0.3 is 5.32 Å². The number of alkyl halides is 3. The largest absolute Gasteiger partial charge is 0.401 e. The second-order valence-electron chi connectivity index (χ2n) is 3.04. The monoisotopic (exact) mass is 221 g/mol. The molecule has 0 radical (unpaired) electrons. The fourth-order valence-corrected chi connectivity index (χ4v) is 0.985. The molecule has 0 aliphatic rings. The molecule has 0 aromatic carbocycles. The molecule has 0 unspecified atom stereocenters. The van der Waals surface area contributed by atoms with E-state index in [-0.39, 0.29) is 6.54 Å². The zero-order valence-electron chi connectivity index (χ0n) is 8.01. The Morgan fingerprint density at radius 1 is 1.60 bits per heavy atom. The first kappa shape index (κ1) is 11.7. The van der Waals surface area contributed by atoms with Crippen LogP contribution >= 0.6 is 0 Å². The number of aryl methyl sites for hydroxylation is 1. The van der Waals surface area contributed by atoms with Crippen LogP contribution in [0.5, 0.6) is 0 Å². The molecule has 0 amide bonds. The Balaban J connectivity index is 2.37. The molecular formula is C8H10F3N3O. The number of ketones is 1. The first-order valence-electron chi connectivity index (χ1n) is 4.18. The number of hydrogen-bond donors (Lipinski definition) is 1. The van der Waals surface area contributed by atoms with Gasteiger partial charge in [0.1, 0.15) is 0 Å². The van der Waals surface area contributed by atoms with Crippen molar-refractivity contribution in [2.75, 3.05) is 13.1 Å². The summed E-state index contributed by atoms with van der Waals surface area (Å²) < 4.78 is 36.6. The minimum absolute atomic E-state index is 0.298. The number of rotatable bonds is 4. The topological polar surface area (TPSA) is 46.9 Å². The average molecular weight is 221 g/mol. The van der Waals surface area contributed by atoms with Crippen LogP contribution < -0.4 is 5.32 Å². The highest BCUT2D eigenvalue weighted by molar-refractivity contribution is 5.97. The van der Waals surface area contributed by atoms with Gasteiger partial charge >= 0.3 is 6.18 Å². The van der Waals surface area contributed by atoms with Gasteiger partial charge in [0.25, 0.3) is 0 Å². The van der Waals surface area contributed by atoms with Gasteiger partial charge in [0, 0.05) is 13.2 Å². The number of nitrogens with one attached hydrogen (secondary N) is 1. The molecule has 84 valence electrons. The van der Waals surface area contributed by atoms with E-state index in [2.05, 4.69) is 5.10 Å². The van der Waals surface area contributed by atoms with Gasteiger partial charge in [-0.2, -0.15) is 18.3 Å². The Kier molecular flexibility index (Phi) is 3.46. The lowest BCUT2D eigenvalue weighted by atomic mass is 10.2. The van der Waals surface area contributed by atoms with E-state index < -0.39 is 18.5 Å². The highest BCUT2D eigenvalue weighted by atomic mass is 19.4. The maximum Gasteiger partial charge on any atom is 0.401 e. The lowest BCUT2D eigenvalue weighted by Gasteiger charge is -2.06. The smallest absolute Gasteiger partial charge is 0.302 e. The molecule has 0 spiro atoms. The number of carbonyl (C=O) groups is 1. The van der Waals surface area contributed by atoms with Crippen molar-refractivity contribution in [3.8, 4) is 0 Å². The van der Waals surface area contributed by atoms with Gasteiger partial charge in [-0.15, -0.1) is 0 Å². The van der Waals surface area contributed by atoms with E-state index in [0.29, 0.717) is 5.56 Å². The van der Waals surface area contributed by atoms with Crippen LogP contribution in [-0.2, 0) is 7.05 Å². The zero-order valence-corrected chi connectivity index (χ0v) is 8.01. The number of hydrogen-bond acceptors (Lipinski definition) is 3. The van der Waals surface area contributed by atoms with Crippen LogP contribution in [0.4, 0.5) is 13.2 Å². The molecule has 7 heteroatoms. The summed E-state index contributed by atoms with van der Waals surface area (Å²) in [6, 6.07) is 0. The number of aromatic nitrogens is 2. The van der Waals surface area contributed by atoms with Crippen molar-refractivity contribution in [1.82, 2.24) is 15.1 Å². The molecule has 0 atom stereocenters. The Morgan fingerprint density at radius 3 is 2.73 bits per heavy atom. The molecule has 1 rings (SSSR count). The summed E-state index contributed by atoms with van der Waals surface area (Å²) in [7, 11) is 1.62. The second-order valence-corrected chi connectivity index (χ2v) is 3.04. The highest BCUT2D eigenvalue weighted by Crippen LogP contribution is 2.12. The first-order valence-corrected chi connectivity index (χ1v) is 4.18. The molecule has 0 saturated carbocycles. The third kappa shape index (κ3) is 4.11. The summed E-state index contributed by atoms with van der Waals surface area (Å²) in [6.45, 7) is -1.51. The predicted octanol–water partition coefficient (Wildman–Crippen LogP) is 0.755. The third-order valence-corrected chi connectivity index (χ3v) is 1.64. The van der Waals surface area contributed by atoms with E-state index in [1.807, 2.05) is 5.32 Å². The lowest BCUT2D eigenvalue weighted by Crippen LogP contribution is -2.32. The molecule has 0 fully saturated rings. The van der Waals surface area contributed by atoms with Gasteiger partial charge in [0.05, 0.1) is 24.8 Å². The van der Waals surface area contributed by atoms with E-state index in [1.165, 1.54) is 17.1 Å². The van der Waals surface area contributed by atoms with Crippen LogP contribution in [0.25, 0.3) is 0 Å². The third-order valence-electron chi connectivity index (χ3n) is 1.64. The molecular weight excluding hydrogens is 211 g/mol. The van der Waals surface area contributed by atoms with Crippen molar-refractivity contribution in [1.29, 1.82) is 0 Å². The van der Waals surface area contributed by atoms with Gasteiger partial charge in [0.15, 0.2) is 5.78 Å². The maximum absolute atomic E-state index is 11.7. The molecule has 15 heavy (non-hydrogen) atoms. The van der Waals surface area contributed by atoms with Crippen molar-refractivity contribution in [3.05, 3.63) is 18.0 Å². The normalized spacial score (nSPS) is 11.7. The molecule has 0 aliphatic carbocycles. The van der Waals surface area contributed by atoms with E-state index in [9.17, 15) is 18.0 Å². The number of carbonyl (C=O) groups excluding carboxylic acids is 1. The van der Waals surface area contributed by atoms with E-state index in [4.69, 9.17) is 0 Å². The molecule has 0 aliphatic heterocycles. The molecule has 0 saturated heterocycles. The van der Waals surface area contributed by atoms with Gasteiger partial charge in [-0.3, -0.25) is 9.48 Å². The minimum atomic E-state index is -4.30.